The first kappa shape index (κ1) is 39.2. The maximum atomic E-state index is 12.2. The van der Waals surface area contributed by atoms with Crippen LogP contribution in [0.25, 0.3) is 21.5 Å². The van der Waals surface area contributed by atoms with Crippen molar-refractivity contribution in [2.75, 3.05) is 6.66 Å². The molecule has 4 rings (SSSR count). The second-order valence-corrected chi connectivity index (χ2v) is 22.6. The van der Waals surface area contributed by atoms with Crippen LogP contribution in [-0.2, 0) is 32.5 Å². The SMILES string of the molecule is CC(C)(C)c1cc(C(C)(C)C)c2cc(O[P+](C)(O)Oc3cc4c(C(C)(C)C)cc(C(C)(C)C)cc4cc3C(C)(C)C)c(C(C)(C)C)cc2c1. The lowest BCUT2D eigenvalue weighted by molar-refractivity contribution is 0.347. The summed E-state index contributed by atoms with van der Waals surface area (Å²) in [6, 6.07) is 18.2. The Kier molecular flexibility index (Phi) is 9.81. The lowest BCUT2D eigenvalue weighted by Crippen LogP contribution is -2.19. The molecule has 0 fully saturated rings. The van der Waals surface area contributed by atoms with Crippen LogP contribution in [-0.4, -0.2) is 11.6 Å². The Morgan fingerprint density at radius 2 is 0.673 bits per heavy atom. The summed E-state index contributed by atoms with van der Waals surface area (Å²) in [4.78, 5) is 12.2. The number of benzene rings is 4. The Balaban J connectivity index is 1.94. The van der Waals surface area contributed by atoms with Crippen molar-refractivity contribution < 1.29 is 13.9 Å². The maximum absolute atomic E-state index is 12.2. The summed E-state index contributed by atoms with van der Waals surface area (Å²) < 4.78 is 13.4. The molecule has 4 aromatic carbocycles. The molecule has 0 bridgehead atoms. The summed E-state index contributed by atoms with van der Waals surface area (Å²) in [7, 11) is -3.42. The van der Waals surface area contributed by atoms with Gasteiger partial charge in [-0.25, -0.2) is 0 Å². The summed E-state index contributed by atoms with van der Waals surface area (Å²) in [5, 5.41) is 4.69. The van der Waals surface area contributed by atoms with E-state index < -0.39 is 7.94 Å². The van der Waals surface area contributed by atoms with Crippen molar-refractivity contribution in [1.82, 2.24) is 0 Å². The van der Waals surface area contributed by atoms with Crippen molar-refractivity contribution >= 4 is 29.5 Å². The van der Waals surface area contributed by atoms with Gasteiger partial charge in [0.2, 0.25) is 0 Å². The van der Waals surface area contributed by atoms with Crippen molar-refractivity contribution in [3.63, 3.8) is 0 Å². The topological polar surface area (TPSA) is 38.7 Å². The molecule has 0 atom stereocenters. The highest BCUT2D eigenvalue weighted by Gasteiger charge is 2.41. The summed E-state index contributed by atoms with van der Waals surface area (Å²) in [6.07, 6.45) is 0. The quantitative estimate of drug-likeness (QED) is 0.217. The fraction of sp³-hybridized carbons (Fsp3) is 0.556. The average Bonchev–Trinajstić information content (AvgIpc) is 2.87. The van der Waals surface area contributed by atoms with Gasteiger partial charge in [-0.3, -0.25) is 9.05 Å². The zero-order chi connectivity index (χ0) is 37.5. The minimum Gasteiger partial charge on any atom is -0.278 e. The molecule has 268 valence electrons. The molecule has 0 aliphatic rings. The maximum Gasteiger partial charge on any atom is 0.492 e. The van der Waals surface area contributed by atoms with E-state index >= 15 is 0 Å². The van der Waals surface area contributed by atoms with E-state index in [9.17, 15) is 4.89 Å². The molecule has 0 unspecified atom stereocenters. The summed E-state index contributed by atoms with van der Waals surface area (Å²) in [6.45, 7) is 42.2. The van der Waals surface area contributed by atoms with Gasteiger partial charge in [-0.05, 0) is 101 Å². The Morgan fingerprint density at radius 3 is 0.918 bits per heavy atom. The Hall–Kier alpha value is -2.61. The first-order valence-electron chi connectivity index (χ1n) is 18.0. The fourth-order valence-corrected chi connectivity index (χ4v) is 7.67. The third-order valence-corrected chi connectivity index (χ3v) is 10.7. The zero-order valence-electron chi connectivity index (χ0n) is 34.3. The minimum absolute atomic E-state index is 0.0140. The molecule has 0 aliphatic heterocycles. The van der Waals surface area contributed by atoms with Crippen LogP contribution in [0.15, 0.2) is 48.5 Å². The first-order valence-corrected chi connectivity index (χ1v) is 20.1. The third-order valence-electron chi connectivity index (χ3n) is 9.61. The Labute approximate surface area is 299 Å². The third kappa shape index (κ3) is 8.65. The molecule has 49 heavy (non-hydrogen) atoms. The van der Waals surface area contributed by atoms with Crippen molar-refractivity contribution in [1.29, 1.82) is 0 Å². The molecule has 3 nitrogen and oxygen atoms in total. The van der Waals surface area contributed by atoms with E-state index in [1.807, 2.05) is 0 Å². The van der Waals surface area contributed by atoms with Gasteiger partial charge in [0.15, 0.2) is 11.5 Å². The van der Waals surface area contributed by atoms with E-state index in [2.05, 4.69) is 173 Å². The normalized spacial score (nSPS) is 14.1. The summed E-state index contributed by atoms with van der Waals surface area (Å²) >= 11 is 0. The molecule has 0 spiro atoms. The molecule has 0 saturated heterocycles. The lowest BCUT2D eigenvalue weighted by Gasteiger charge is -2.30. The van der Waals surface area contributed by atoms with Crippen LogP contribution in [0.5, 0.6) is 11.5 Å². The van der Waals surface area contributed by atoms with E-state index in [-0.39, 0.29) is 32.5 Å². The summed E-state index contributed by atoms with van der Waals surface area (Å²) in [5.41, 5.74) is 6.68. The number of hydrogen-bond acceptors (Lipinski definition) is 3. The predicted octanol–water partition coefficient (Wildman–Crippen LogP) is 13.6. The zero-order valence-corrected chi connectivity index (χ0v) is 35.2. The van der Waals surface area contributed by atoms with Gasteiger partial charge in [0.05, 0.1) is 0 Å². The standard InChI is InChI=1S/C45H66O3P/c1-40(2,3)30-20-28-22-36(44(13,14)15)38(26-32(28)34(24-30)42(7,8)9)47-49(19,46)48-39-27-33-29(23-37(39)45(16,17)18)21-31(41(4,5)6)25-35(33)43(10,11)12/h20-27,46H,1-19H3/q+1. The van der Waals surface area contributed by atoms with Gasteiger partial charge >= 0.3 is 7.94 Å². The highest BCUT2D eigenvalue weighted by atomic mass is 31.2. The second kappa shape index (κ2) is 12.3. The Morgan fingerprint density at radius 1 is 0.388 bits per heavy atom. The van der Waals surface area contributed by atoms with Crippen LogP contribution < -0.4 is 9.05 Å². The van der Waals surface area contributed by atoms with Crippen LogP contribution in [0.2, 0.25) is 0 Å². The van der Waals surface area contributed by atoms with Gasteiger partial charge in [0, 0.05) is 11.1 Å². The van der Waals surface area contributed by atoms with Gasteiger partial charge in [-0.1, -0.05) is 149 Å². The average molecular weight is 686 g/mol. The van der Waals surface area contributed by atoms with E-state index in [1.165, 1.54) is 33.0 Å². The van der Waals surface area contributed by atoms with E-state index in [1.54, 1.807) is 6.66 Å². The molecular weight excluding hydrogens is 619 g/mol. The lowest BCUT2D eigenvalue weighted by atomic mass is 9.76. The van der Waals surface area contributed by atoms with Crippen LogP contribution in [0.1, 0.15) is 158 Å². The highest BCUT2D eigenvalue weighted by molar-refractivity contribution is 7.60. The molecular formula is C45H66O3P+. The Bertz CT molecular complexity index is 1730. The van der Waals surface area contributed by atoms with Gasteiger partial charge in [-0.2, -0.15) is 4.89 Å². The van der Waals surface area contributed by atoms with E-state index in [0.717, 1.165) is 21.9 Å². The molecule has 1 N–H and O–H groups in total. The van der Waals surface area contributed by atoms with Gasteiger partial charge in [0.1, 0.15) is 6.66 Å². The largest absolute Gasteiger partial charge is 0.492 e. The van der Waals surface area contributed by atoms with Gasteiger partial charge in [0.25, 0.3) is 0 Å². The molecule has 0 aliphatic carbocycles. The number of rotatable bonds is 4. The first-order chi connectivity index (χ1) is 21.8. The van der Waals surface area contributed by atoms with Crippen LogP contribution in [0.3, 0.4) is 0 Å². The van der Waals surface area contributed by atoms with Crippen molar-refractivity contribution in [2.24, 2.45) is 0 Å². The fourth-order valence-electron chi connectivity index (χ4n) is 6.60. The van der Waals surface area contributed by atoms with E-state index in [0.29, 0.717) is 11.5 Å². The van der Waals surface area contributed by atoms with Crippen molar-refractivity contribution in [2.45, 2.75) is 157 Å². The smallest absolute Gasteiger partial charge is 0.278 e. The number of fused-ring (bicyclic) bond motifs is 2. The van der Waals surface area contributed by atoms with Crippen LogP contribution in [0.4, 0.5) is 0 Å². The predicted molar refractivity (Wildman–Crippen MR) is 216 cm³/mol. The van der Waals surface area contributed by atoms with Crippen molar-refractivity contribution in [3.8, 4) is 11.5 Å². The number of hydrogen-bond donors (Lipinski definition) is 1. The molecule has 0 saturated carbocycles. The molecule has 0 heterocycles. The van der Waals surface area contributed by atoms with Gasteiger partial charge < -0.3 is 0 Å². The molecule has 4 aromatic rings. The second-order valence-electron chi connectivity index (χ2n) is 20.7. The van der Waals surface area contributed by atoms with Crippen LogP contribution in [0, 0.1) is 0 Å². The molecule has 0 radical (unpaired) electrons. The van der Waals surface area contributed by atoms with Gasteiger partial charge in [-0.15, -0.1) is 0 Å². The molecule has 4 heteroatoms. The molecule has 0 amide bonds. The van der Waals surface area contributed by atoms with E-state index in [4.69, 9.17) is 9.05 Å². The minimum atomic E-state index is -3.42. The summed E-state index contributed by atoms with van der Waals surface area (Å²) in [5.74, 6) is 1.35. The monoisotopic (exact) mass is 685 g/mol. The van der Waals surface area contributed by atoms with Crippen molar-refractivity contribution in [3.05, 3.63) is 81.9 Å². The highest BCUT2D eigenvalue weighted by Crippen LogP contribution is 2.57. The van der Waals surface area contributed by atoms with Crippen LogP contribution >= 0.6 is 7.94 Å². The molecule has 0 aromatic heterocycles.